The number of nitrogens with one attached hydrogen (secondary N) is 3. The number of fused-ring (bicyclic) bond motifs is 1. The Kier molecular flexibility index (Phi) is 7.33. The highest BCUT2D eigenvalue weighted by molar-refractivity contribution is 5.94. The maximum Gasteiger partial charge on any atom is 0.251 e. The van der Waals surface area contributed by atoms with Gasteiger partial charge < -0.3 is 25.4 Å². The quantitative estimate of drug-likeness (QED) is 0.517. The van der Waals surface area contributed by atoms with Crippen LogP contribution >= 0.6 is 0 Å². The molecule has 3 rings (SSSR count). The smallest absolute Gasteiger partial charge is 0.251 e. The Hall–Kier alpha value is -3.22. The molecule has 0 bridgehead atoms. The van der Waals surface area contributed by atoms with Crippen LogP contribution in [0, 0.1) is 0 Å². The van der Waals surface area contributed by atoms with Crippen molar-refractivity contribution >= 4 is 17.6 Å². The third-order valence-corrected chi connectivity index (χ3v) is 4.44. The zero-order valence-corrected chi connectivity index (χ0v) is 17.0. The van der Waals surface area contributed by atoms with Gasteiger partial charge in [-0.1, -0.05) is 12.1 Å². The lowest BCUT2D eigenvalue weighted by atomic mass is 10.1. The Morgan fingerprint density at radius 1 is 1.10 bits per heavy atom. The van der Waals surface area contributed by atoms with Gasteiger partial charge in [-0.3, -0.25) is 9.79 Å². The van der Waals surface area contributed by atoms with Crippen molar-refractivity contribution in [2.24, 2.45) is 4.99 Å². The van der Waals surface area contributed by atoms with Crippen LogP contribution in [0.25, 0.3) is 0 Å². The Bertz CT molecular complexity index is 867. The molecular weight excluding hydrogens is 368 g/mol. The molecule has 1 heterocycles. The summed E-state index contributed by atoms with van der Waals surface area (Å²) < 4.78 is 11.4. The van der Waals surface area contributed by atoms with Gasteiger partial charge >= 0.3 is 0 Å². The van der Waals surface area contributed by atoms with Gasteiger partial charge in [-0.2, -0.15) is 0 Å². The largest absolute Gasteiger partial charge is 0.490 e. The summed E-state index contributed by atoms with van der Waals surface area (Å²) in [5.74, 6) is 2.13. The van der Waals surface area contributed by atoms with E-state index in [-0.39, 0.29) is 5.91 Å². The van der Waals surface area contributed by atoms with Crippen molar-refractivity contribution in [1.29, 1.82) is 0 Å². The lowest BCUT2D eigenvalue weighted by Crippen LogP contribution is -2.30. The summed E-state index contributed by atoms with van der Waals surface area (Å²) in [4.78, 5) is 16.4. The van der Waals surface area contributed by atoms with Crippen LogP contribution in [-0.2, 0) is 6.42 Å². The molecule has 0 unspecified atom stereocenters. The summed E-state index contributed by atoms with van der Waals surface area (Å²) in [5.41, 5.74) is 2.61. The number of carbonyl (C=O) groups excluding carboxylic acids is 1. The third-order valence-electron chi connectivity index (χ3n) is 4.44. The molecule has 0 atom stereocenters. The number of anilines is 1. The molecule has 0 aliphatic carbocycles. The average molecular weight is 396 g/mol. The Morgan fingerprint density at radius 2 is 1.93 bits per heavy atom. The van der Waals surface area contributed by atoms with Gasteiger partial charge in [0.2, 0.25) is 0 Å². The lowest BCUT2D eigenvalue weighted by molar-refractivity contribution is 0.0963. The summed E-state index contributed by atoms with van der Waals surface area (Å²) in [6, 6.07) is 13.4. The first kappa shape index (κ1) is 20.5. The molecule has 7 nitrogen and oxygen atoms in total. The summed E-state index contributed by atoms with van der Waals surface area (Å²) in [6.45, 7) is 4.70. The maximum absolute atomic E-state index is 11.8. The van der Waals surface area contributed by atoms with E-state index in [2.05, 4.69) is 20.9 Å². The number of hydrogen-bond donors (Lipinski definition) is 3. The molecule has 0 spiro atoms. The fourth-order valence-corrected chi connectivity index (χ4v) is 2.99. The highest BCUT2D eigenvalue weighted by Crippen LogP contribution is 2.32. The molecular formula is C22H28N4O3. The van der Waals surface area contributed by atoms with Gasteiger partial charge in [0, 0.05) is 43.9 Å². The number of rotatable bonds is 6. The number of guanidine groups is 1. The summed E-state index contributed by atoms with van der Waals surface area (Å²) in [6.07, 6.45) is 1.62. The third kappa shape index (κ3) is 5.88. The summed E-state index contributed by atoms with van der Waals surface area (Å²) in [7, 11) is 1.63. The van der Waals surface area contributed by atoms with E-state index in [9.17, 15) is 4.79 Å². The second-order valence-corrected chi connectivity index (χ2v) is 6.63. The summed E-state index contributed by atoms with van der Waals surface area (Å²) >= 11 is 0. The van der Waals surface area contributed by atoms with E-state index in [4.69, 9.17) is 9.47 Å². The average Bonchev–Trinajstić information content (AvgIpc) is 2.98. The van der Waals surface area contributed by atoms with Crippen LogP contribution in [0.2, 0.25) is 0 Å². The van der Waals surface area contributed by atoms with E-state index in [0.29, 0.717) is 31.3 Å². The van der Waals surface area contributed by atoms with E-state index in [0.717, 1.165) is 42.1 Å². The second kappa shape index (κ2) is 10.4. The first-order chi connectivity index (χ1) is 14.2. The molecule has 2 aromatic carbocycles. The zero-order valence-electron chi connectivity index (χ0n) is 17.0. The predicted octanol–water partition coefficient (Wildman–Crippen LogP) is 2.83. The van der Waals surface area contributed by atoms with Crippen LogP contribution in [0.15, 0.2) is 47.5 Å². The molecule has 0 aromatic heterocycles. The van der Waals surface area contributed by atoms with Crippen molar-refractivity contribution in [2.75, 3.05) is 38.7 Å². The number of ether oxygens (including phenoxy) is 2. The summed E-state index contributed by atoms with van der Waals surface area (Å²) in [5, 5.41) is 9.21. The molecule has 0 saturated heterocycles. The molecule has 29 heavy (non-hydrogen) atoms. The Labute approximate surface area is 171 Å². The molecule has 1 amide bonds. The van der Waals surface area contributed by atoms with Gasteiger partial charge in [0.15, 0.2) is 17.5 Å². The number of nitrogens with zero attached hydrogens (tertiary/aromatic N) is 1. The molecule has 0 radical (unpaired) electrons. The van der Waals surface area contributed by atoms with Gasteiger partial charge in [0.05, 0.1) is 13.2 Å². The first-order valence-corrected chi connectivity index (χ1v) is 9.95. The molecule has 1 aliphatic heterocycles. The van der Waals surface area contributed by atoms with E-state index < -0.39 is 0 Å². The molecule has 0 saturated carbocycles. The molecule has 154 valence electrons. The van der Waals surface area contributed by atoms with E-state index in [1.165, 1.54) is 0 Å². The van der Waals surface area contributed by atoms with E-state index in [1.807, 2.05) is 43.3 Å². The van der Waals surface area contributed by atoms with Crippen LogP contribution < -0.4 is 25.4 Å². The van der Waals surface area contributed by atoms with Gasteiger partial charge in [0.25, 0.3) is 5.91 Å². The number of carbonyl (C=O) groups is 1. The monoisotopic (exact) mass is 396 g/mol. The van der Waals surface area contributed by atoms with Crippen molar-refractivity contribution in [1.82, 2.24) is 10.6 Å². The first-order valence-electron chi connectivity index (χ1n) is 9.95. The van der Waals surface area contributed by atoms with Gasteiger partial charge in [-0.25, -0.2) is 0 Å². The van der Waals surface area contributed by atoms with Crippen molar-refractivity contribution in [2.45, 2.75) is 19.8 Å². The highest BCUT2D eigenvalue weighted by atomic mass is 16.5. The fraction of sp³-hybridized carbons (Fsp3) is 0.364. The molecule has 0 fully saturated rings. The van der Waals surface area contributed by atoms with E-state index >= 15 is 0 Å². The lowest BCUT2D eigenvalue weighted by Gasteiger charge is -2.14. The van der Waals surface area contributed by atoms with Gasteiger partial charge in [0.1, 0.15) is 0 Å². The minimum Gasteiger partial charge on any atom is -0.490 e. The second-order valence-electron chi connectivity index (χ2n) is 6.63. The number of amides is 1. The molecule has 2 aromatic rings. The topological polar surface area (TPSA) is 84.0 Å². The minimum atomic E-state index is -0.0836. The molecule has 1 aliphatic rings. The van der Waals surface area contributed by atoms with Crippen LogP contribution in [0.5, 0.6) is 11.5 Å². The maximum atomic E-state index is 11.8. The molecule has 3 N–H and O–H groups in total. The van der Waals surface area contributed by atoms with Crippen molar-refractivity contribution in [3.63, 3.8) is 0 Å². The van der Waals surface area contributed by atoms with Crippen LogP contribution in [0.1, 0.15) is 29.3 Å². The highest BCUT2D eigenvalue weighted by Gasteiger charge is 2.11. The predicted molar refractivity (Wildman–Crippen MR) is 115 cm³/mol. The Morgan fingerprint density at radius 3 is 2.72 bits per heavy atom. The van der Waals surface area contributed by atoms with Crippen LogP contribution in [-0.4, -0.2) is 45.2 Å². The van der Waals surface area contributed by atoms with Crippen molar-refractivity contribution in [3.8, 4) is 11.5 Å². The Balaban J connectivity index is 1.64. The van der Waals surface area contributed by atoms with Crippen molar-refractivity contribution in [3.05, 3.63) is 53.6 Å². The fourth-order valence-electron chi connectivity index (χ4n) is 2.99. The van der Waals surface area contributed by atoms with Gasteiger partial charge in [-0.05, 0) is 43.2 Å². The normalized spacial score (nSPS) is 13.4. The molecule has 7 heteroatoms. The van der Waals surface area contributed by atoms with E-state index in [1.54, 1.807) is 13.1 Å². The van der Waals surface area contributed by atoms with Gasteiger partial charge in [-0.15, -0.1) is 0 Å². The zero-order chi connectivity index (χ0) is 20.5. The SMILES string of the molecule is CCNC(=NCCc1cccc(C(=O)NC)c1)Nc1ccc2c(c1)OCCCO2. The van der Waals surface area contributed by atoms with Crippen LogP contribution in [0.4, 0.5) is 5.69 Å². The van der Waals surface area contributed by atoms with Crippen LogP contribution in [0.3, 0.4) is 0 Å². The number of aliphatic imine (C=N–C) groups is 1. The van der Waals surface area contributed by atoms with Crippen molar-refractivity contribution < 1.29 is 14.3 Å². The minimum absolute atomic E-state index is 0.0836. The number of benzene rings is 2. The standard InChI is InChI=1S/C22H28N4O3/c1-3-24-22(25-11-10-16-6-4-7-17(14-16)21(27)23-2)26-18-8-9-19-20(15-18)29-13-5-12-28-19/h4,6-9,14-15H,3,5,10-13H2,1-2H3,(H,23,27)(H2,24,25,26). The number of hydrogen-bond acceptors (Lipinski definition) is 4.